The summed E-state index contributed by atoms with van der Waals surface area (Å²) in [5.41, 5.74) is 2.41. The first-order valence-electron chi connectivity index (χ1n) is 5.27. The third-order valence-corrected chi connectivity index (χ3v) is 2.42. The molecule has 0 rings (SSSR count). The van der Waals surface area contributed by atoms with Crippen LogP contribution in [0.5, 0.6) is 0 Å². The van der Waals surface area contributed by atoms with Crippen molar-refractivity contribution in [3.63, 3.8) is 0 Å². The topological polar surface area (TPSA) is 3.24 Å². The summed E-state index contributed by atoms with van der Waals surface area (Å²) >= 11 is 0. The van der Waals surface area contributed by atoms with E-state index in [2.05, 4.69) is 64.4 Å². The summed E-state index contributed by atoms with van der Waals surface area (Å²) in [5.74, 6) is 0. The molecule has 0 N–H and O–H groups in total. The maximum atomic E-state index is 3.95. The van der Waals surface area contributed by atoms with Crippen molar-refractivity contribution < 1.29 is 0 Å². The maximum Gasteiger partial charge on any atom is 0.0322 e. The van der Waals surface area contributed by atoms with E-state index in [-0.39, 0.29) is 0 Å². The van der Waals surface area contributed by atoms with E-state index in [1.54, 1.807) is 0 Å². The Balaban J connectivity index is 4.46. The van der Waals surface area contributed by atoms with E-state index in [1.165, 1.54) is 11.3 Å². The highest BCUT2D eigenvalue weighted by molar-refractivity contribution is 5.25. The molecule has 0 aliphatic carbocycles. The second kappa shape index (κ2) is 6.47. The second-order valence-corrected chi connectivity index (χ2v) is 3.76. The van der Waals surface area contributed by atoms with Crippen LogP contribution in [0.3, 0.4) is 0 Å². The molecule has 0 radical (unpaired) electrons. The summed E-state index contributed by atoms with van der Waals surface area (Å²) in [6.45, 7) is 12.5. The van der Waals surface area contributed by atoms with Gasteiger partial charge in [0.05, 0.1) is 0 Å². The van der Waals surface area contributed by atoms with E-state index in [0.29, 0.717) is 6.04 Å². The van der Waals surface area contributed by atoms with Crippen molar-refractivity contribution in [2.75, 3.05) is 7.05 Å². The first-order valence-corrected chi connectivity index (χ1v) is 5.27. The van der Waals surface area contributed by atoms with Gasteiger partial charge in [-0.2, -0.15) is 0 Å². The Kier molecular flexibility index (Phi) is 6.02. The second-order valence-electron chi connectivity index (χ2n) is 3.76. The van der Waals surface area contributed by atoms with Crippen LogP contribution in [0.15, 0.2) is 36.1 Å². The monoisotopic (exact) mass is 193 g/mol. The first kappa shape index (κ1) is 13.0. The van der Waals surface area contributed by atoms with Crippen LogP contribution in [0.1, 0.15) is 34.1 Å². The van der Waals surface area contributed by atoms with Gasteiger partial charge in [0.15, 0.2) is 0 Å². The van der Waals surface area contributed by atoms with Crippen molar-refractivity contribution in [3.05, 3.63) is 36.1 Å². The Bertz CT molecular complexity index is 234. The van der Waals surface area contributed by atoms with Crippen LogP contribution in [0.25, 0.3) is 0 Å². The lowest BCUT2D eigenvalue weighted by Gasteiger charge is -2.24. The van der Waals surface area contributed by atoms with Crippen molar-refractivity contribution in [2.45, 2.75) is 40.2 Å². The SMILES string of the molecule is C=C(/C=C\C(=C/C)N(C)C(C)C)CC. The van der Waals surface area contributed by atoms with E-state index < -0.39 is 0 Å². The minimum absolute atomic E-state index is 0.528. The van der Waals surface area contributed by atoms with Crippen molar-refractivity contribution in [1.29, 1.82) is 0 Å². The fourth-order valence-electron chi connectivity index (χ4n) is 1.04. The van der Waals surface area contributed by atoms with Crippen LogP contribution >= 0.6 is 0 Å². The van der Waals surface area contributed by atoms with Gasteiger partial charge >= 0.3 is 0 Å². The van der Waals surface area contributed by atoms with Crippen LogP contribution in [0.4, 0.5) is 0 Å². The molecule has 0 saturated carbocycles. The molecule has 0 atom stereocenters. The molecule has 0 aromatic carbocycles. The van der Waals surface area contributed by atoms with Crippen molar-refractivity contribution in [1.82, 2.24) is 4.90 Å². The molecule has 0 aromatic heterocycles. The van der Waals surface area contributed by atoms with Crippen molar-refractivity contribution >= 4 is 0 Å². The van der Waals surface area contributed by atoms with Crippen molar-refractivity contribution in [3.8, 4) is 0 Å². The predicted molar refractivity (Wildman–Crippen MR) is 65.2 cm³/mol. The van der Waals surface area contributed by atoms with E-state index in [0.717, 1.165) is 6.42 Å². The summed E-state index contributed by atoms with van der Waals surface area (Å²) in [4.78, 5) is 2.25. The lowest BCUT2D eigenvalue weighted by Crippen LogP contribution is -2.24. The minimum Gasteiger partial charge on any atom is -0.372 e. The number of allylic oxidation sites excluding steroid dienone is 4. The third-order valence-electron chi connectivity index (χ3n) is 2.42. The highest BCUT2D eigenvalue weighted by Crippen LogP contribution is 2.09. The van der Waals surface area contributed by atoms with Gasteiger partial charge < -0.3 is 4.90 Å². The molecule has 0 heterocycles. The van der Waals surface area contributed by atoms with E-state index in [1.807, 2.05) is 0 Å². The van der Waals surface area contributed by atoms with Crippen LogP contribution in [0, 0.1) is 0 Å². The summed E-state index contributed by atoms with van der Waals surface area (Å²) in [7, 11) is 2.11. The molecule has 0 saturated heterocycles. The number of hydrogen-bond acceptors (Lipinski definition) is 1. The number of nitrogens with zero attached hydrogens (tertiary/aromatic N) is 1. The number of rotatable bonds is 5. The zero-order chi connectivity index (χ0) is 11.1. The lowest BCUT2D eigenvalue weighted by atomic mass is 10.2. The van der Waals surface area contributed by atoms with Crippen LogP contribution < -0.4 is 0 Å². The van der Waals surface area contributed by atoms with Crippen LogP contribution in [-0.2, 0) is 0 Å². The van der Waals surface area contributed by atoms with E-state index in [9.17, 15) is 0 Å². The minimum atomic E-state index is 0.528. The van der Waals surface area contributed by atoms with Crippen molar-refractivity contribution in [2.24, 2.45) is 0 Å². The highest BCUT2D eigenvalue weighted by Gasteiger charge is 2.03. The lowest BCUT2D eigenvalue weighted by molar-refractivity contribution is 0.354. The zero-order valence-electron chi connectivity index (χ0n) is 10.2. The molecule has 14 heavy (non-hydrogen) atoms. The summed E-state index contributed by atoms with van der Waals surface area (Å²) in [5, 5.41) is 0. The van der Waals surface area contributed by atoms with Gasteiger partial charge in [-0.05, 0) is 33.3 Å². The molecule has 0 amide bonds. The van der Waals surface area contributed by atoms with Gasteiger partial charge in [0.1, 0.15) is 0 Å². The molecule has 0 aromatic rings. The largest absolute Gasteiger partial charge is 0.372 e. The molecule has 0 unspecified atom stereocenters. The van der Waals surface area contributed by atoms with Crippen LogP contribution in [0.2, 0.25) is 0 Å². The highest BCUT2D eigenvalue weighted by atomic mass is 15.1. The number of likely N-dealkylation sites (N-methyl/N-ethyl adjacent to an activating group) is 1. The standard InChI is InChI=1S/C13H23N/c1-7-12(5)9-10-13(8-2)14(6)11(3)4/h8-11H,5,7H2,1-4,6H3/b10-9-,13-8+. The molecule has 0 bridgehead atoms. The van der Waals surface area contributed by atoms with Gasteiger partial charge in [0, 0.05) is 18.8 Å². The fourth-order valence-corrected chi connectivity index (χ4v) is 1.04. The number of hydrogen-bond donors (Lipinski definition) is 0. The molecule has 0 fully saturated rings. The Hall–Kier alpha value is -0.980. The van der Waals surface area contributed by atoms with Gasteiger partial charge in [0.25, 0.3) is 0 Å². The molecule has 80 valence electrons. The van der Waals surface area contributed by atoms with Gasteiger partial charge in [-0.3, -0.25) is 0 Å². The quantitative estimate of drug-likeness (QED) is 0.601. The molecular weight excluding hydrogens is 170 g/mol. The third kappa shape index (κ3) is 4.31. The molecular formula is C13H23N. The fraction of sp³-hybridized carbons (Fsp3) is 0.538. The average Bonchev–Trinajstić information content (AvgIpc) is 2.17. The van der Waals surface area contributed by atoms with Gasteiger partial charge in [-0.15, -0.1) is 0 Å². The van der Waals surface area contributed by atoms with Gasteiger partial charge in [-0.25, -0.2) is 0 Å². The molecule has 1 nitrogen and oxygen atoms in total. The van der Waals surface area contributed by atoms with Gasteiger partial charge in [-0.1, -0.05) is 31.2 Å². The summed E-state index contributed by atoms with van der Waals surface area (Å²) < 4.78 is 0. The Morgan fingerprint density at radius 1 is 1.36 bits per heavy atom. The van der Waals surface area contributed by atoms with Crippen LogP contribution in [-0.4, -0.2) is 18.0 Å². The van der Waals surface area contributed by atoms with E-state index in [4.69, 9.17) is 0 Å². The zero-order valence-corrected chi connectivity index (χ0v) is 10.2. The molecule has 0 spiro atoms. The summed E-state index contributed by atoms with van der Waals surface area (Å²) in [6, 6.07) is 0.528. The maximum absolute atomic E-state index is 3.95. The Labute approximate surface area is 88.8 Å². The molecule has 0 aliphatic heterocycles. The average molecular weight is 193 g/mol. The Morgan fingerprint density at radius 3 is 2.29 bits per heavy atom. The normalized spacial score (nSPS) is 12.6. The Morgan fingerprint density at radius 2 is 1.93 bits per heavy atom. The van der Waals surface area contributed by atoms with Gasteiger partial charge in [0.2, 0.25) is 0 Å². The first-order chi connectivity index (χ1) is 6.52. The molecule has 0 aliphatic rings. The molecule has 1 heteroatoms. The smallest absolute Gasteiger partial charge is 0.0322 e. The predicted octanol–water partition coefficient (Wildman–Crippen LogP) is 3.75. The van der Waals surface area contributed by atoms with E-state index >= 15 is 0 Å². The summed E-state index contributed by atoms with van der Waals surface area (Å²) in [6.07, 6.45) is 7.36.